The predicted molar refractivity (Wildman–Crippen MR) is 108 cm³/mol. The molecule has 1 unspecified atom stereocenters. The van der Waals surface area contributed by atoms with E-state index in [1.165, 1.54) is 41.6 Å². The zero-order valence-electron chi connectivity index (χ0n) is 16.8. The van der Waals surface area contributed by atoms with Gasteiger partial charge in [-0.15, -0.1) is 25.5 Å². The van der Waals surface area contributed by atoms with Crippen LogP contribution in [0.5, 0.6) is 0 Å². The molecule has 0 heterocycles. The fraction of sp³-hybridized carbons (Fsp3) is 0.545. The van der Waals surface area contributed by atoms with Crippen molar-refractivity contribution in [3.63, 3.8) is 0 Å². The van der Waals surface area contributed by atoms with Gasteiger partial charge in [-0.25, -0.2) is 11.6 Å². The Morgan fingerprint density at radius 3 is 2.21 bits per heavy atom. The summed E-state index contributed by atoms with van der Waals surface area (Å²) in [4.78, 5) is 0. The van der Waals surface area contributed by atoms with Crippen LogP contribution in [-0.4, -0.2) is 9.52 Å². The Balaban J connectivity index is 0. The van der Waals surface area contributed by atoms with Crippen molar-refractivity contribution < 1.29 is 26.2 Å². The molecule has 0 spiro atoms. The standard InChI is InChI=1S/C11H15.C9H13.C2H7Si.Zr/c1-2-3-4-5-8-11-9-6-7-10-11;1-6-5-7(2)9(4)8(6)3;1-3-2;/h5,8-10H,2-4,6H2,1H3;6H,1-4H3;3H,1-2H3;/q2*-1;;+2/b8-5+;;;. The fourth-order valence-electron chi connectivity index (χ4n) is 2.23. The van der Waals surface area contributed by atoms with Gasteiger partial charge in [-0.05, 0) is 6.42 Å². The molecule has 2 heteroatoms. The molecular formula is C22H35SiZr. The van der Waals surface area contributed by atoms with E-state index in [9.17, 15) is 0 Å². The van der Waals surface area contributed by atoms with Gasteiger partial charge in [0.2, 0.25) is 0 Å². The van der Waals surface area contributed by atoms with E-state index < -0.39 is 0 Å². The normalized spacial score (nSPS) is 18.4. The van der Waals surface area contributed by atoms with E-state index >= 15 is 0 Å². The van der Waals surface area contributed by atoms with Crippen molar-refractivity contribution in [1.82, 2.24) is 0 Å². The Morgan fingerprint density at radius 1 is 1.25 bits per heavy atom. The van der Waals surface area contributed by atoms with Crippen LogP contribution < -0.4 is 0 Å². The zero-order chi connectivity index (χ0) is 17.7. The van der Waals surface area contributed by atoms with E-state index in [-0.39, 0.29) is 26.2 Å². The third-order valence-electron chi connectivity index (χ3n) is 4.00. The molecule has 0 N–H and O–H groups in total. The quantitative estimate of drug-likeness (QED) is 0.272. The second kappa shape index (κ2) is 16.3. The first kappa shape index (κ1) is 26.0. The first-order valence-corrected chi connectivity index (χ1v) is 11.2. The van der Waals surface area contributed by atoms with E-state index in [4.69, 9.17) is 0 Å². The van der Waals surface area contributed by atoms with Crippen molar-refractivity contribution >= 4 is 9.52 Å². The predicted octanol–water partition coefficient (Wildman–Crippen LogP) is 6.66. The summed E-state index contributed by atoms with van der Waals surface area (Å²) in [6.07, 6.45) is 20.0. The number of allylic oxidation sites excluding steroid dienone is 10. The van der Waals surface area contributed by atoms with Crippen LogP contribution in [-0.2, 0) is 26.2 Å². The molecule has 0 saturated heterocycles. The van der Waals surface area contributed by atoms with Crippen LogP contribution >= 0.6 is 0 Å². The molecule has 0 aromatic carbocycles. The SMILES string of the molecule is CC1=[C-]C(C)C(C)=C1C.CCCC/C=C/C1=CC[C-]=C1.C[SiH]C.[Zr+2]. The van der Waals surface area contributed by atoms with Crippen LogP contribution in [0, 0.1) is 18.1 Å². The van der Waals surface area contributed by atoms with Crippen molar-refractivity contribution in [3.8, 4) is 0 Å². The number of unbranched alkanes of at least 4 members (excludes halogenated alkanes) is 2. The van der Waals surface area contributed by atoms with Gasteiger partial charge in [0.15, 0.2) is 0 Å². The van der Waals surface area contributed by atoms with Crippen molar-refractivity contribution in [2.24, 2.45) is 5.92 Å². The Morgan fingerprint density at radius 2 is 1.88 bits per heavy atom. The number of hydrogen-bond acceptors (Lipinski definition) is 0. The monoisotopic (exact) mass is 417 g/mol. The summed E-state index contributed by atoms with van der Waals surface area (Å²) in [6.45, 7) is 15.3. The van der Waals surface area contributed by atoms with Gasteiger partial charge in [0.05, 0.1) is 0 Å². The molecule has 0 aromatic heterocycles. The summed E-state index contributed by atoms with van der Waals surface area (Å²) in [5, 5.41) is 0. The van der Waals surface area contributed by atoms with E-state index in [2.05, 4.69) is 84.2 Å². The summed E-state index contributed by atoms with van der Waals surface area (Å²) in [6, 6.07) is 0. The Bertz CT molecular complexity index is 478. The van der Waals surface area contributed by atoms with Crippen molar-refractivity contribution in [1.29, 1.82) is 0 Å². The molecule has 0 amide bonds. The molecule has 0 aliphatic heterocycles. The Hall–Kier alpha value is -0.200. The topological polar surface area (TPSA) is 0 Å². The van der Waals surface area contributed by atoms with Crippen LogP contribution in [0.15, 0.2) is 46.6 Å². The summed E-state index contributed by atoms with van der Waals surface area (Å²) in [5.41, 5.74) is 5.57. The second-order valence-electron chi connectivity index (χ2n) is 6.18. The maximum Gasteiger partial charge on any atom is 2.00 e. The summed E-state index contributed by atoms with van der Waals surface area (Å²) in [7, 11) is 0.750. The third kappa shape index (κ3) is 11.4. The van der Waals surface area contributed by atoms with E-state index in [1.54, 1.807) is 0 Å². The van der Waals surface area contributed by atoms with Crippen LogP contribution in [0.1, 0.15) is 60.3 Å². The molecule has 0 aromatic rings. The Labute approximate surface area is 173 Å². The zero-order valence-corrected chi connectivity index (χ0v) is 20.4. The van der Waals surface area contributed by atoms with Crippen LogP contribution in [0.4, 0.5) is 0 Å². The summed E-state index contributed by atoms with van der Waals surface area (Å²) < 4.78 is 0. The van der Waals surface area contributed by atoms with Gasteiger partial charge in [-0.1, -0.05) is 59.5 Å². The van der Waals surface area contributed by atoms with E-state index in [0.717, 1.165) is 15.9 Å². The molecule has 2 rings (SSSR count). The van der Waals surface area contributed by atoms with Crippen LogP contribution in [0.2, 0.25) is 13.1 Å². The number of hydrogen-bond donors (Lipinski definition) is 0. The molecule has 0 fully saturated rings. The van der Waals surface area contributed by atoms with Crippen molar-refractivity contribution in [2.45, 2.75) is 73.4 Å². The number of rotatable bonds is 4. The van der Waals surface area contributed by atoms with Gasteiger partial charge in [0.25, 0.3) is 0 Å². The molecule has 0 bridgehead atoms. The van der Waals surface area contributed by atoms with Gasteiger partial charge in [-0.2, -0.15) is 22.8 Å². The second-order valence-corrected chi connectivity index (χ2v) is 7.33. The first-order valence-electron chi connectivity index (χ1n) is 8.92. The molecule has 131 valence electrons. The average molecular weight is 419 g/mol. The van der Waals surface area contributed by atoms with Crippen LogP contribution in [0.3, 0.4) is 0 Å². The first-order chi connectivity index (χ1) is 11.0. The van der Waals surface area contributed by atoms with Gasteiger partial charge in [0, 0.05) is 9.52 Å². The minimum atomic E-state index is 0. The molecular weight excluding hydrogens is 384 g/mol. The van der Waals surface area contributed by atoms with E-state index in [1.807, 2.05) is 0 Å². The summed E-state index contributed by atoms with van der Waals surface area (Å²) >= 11 is 0. The third-order valence-corrected chi connectivity index (χ3v) is 4.00. The Kier molecular flexibility index (Phi) is 17.7. The van der Waals surface area contributed by atoms with Crippen molar-refractivity contribution in [3.05, 3.63) is 58.7 Å². The van der Waals surface area contributed by atoms with Gasteiger partial charge >= 0.3 is 26.2 Å². The van der Waals surface area contributed by atoms with Crippen LogP contribution in [0.25, 0.3) is 0 Å². The molecule has 1 radical (unpaired) electrons. The molecule has 0 saturated carbocycles. The summed E-state index contributed by atoms with van der Waals surface area (Å²) in [5.74, 6) is 0.560. The molecule has 0 nitrogen and oxygen atoms in total. The van der Waals surface area contributed by atoms with Gasteiger partial charge in [-0.3, -0.25) is 12.2 Å². The minimum Gasteiger partial charge on any atom is -0.272 e. The molecule has 2 aliphatic rings. The maximum absolute atomic E-state index is 3.36. The molecule has 2 aliphatic carbocycles. The van der Waals surface area contributed by atoms with E-state index in [0.29, 0.717) is 5.92 Å². The molecule has 1 atom stereocenters. The van der Waals surface area contributed by atoms with Gasteiger partial charge < -0.3 is 0 Å². The minimum absolute atomic E-state index is 0. The fourth-order valence-corrected chi connectivity index (χ4v) is 2.23. The van der Waals surface area contributed by atoms with Crippen molar-refractivity contribution in [2.75, 3.05) is 0 Å². The largest absolute Gasteiger partial charge is 2.00 e. The average Bonchev–Trinajstić information content (AvgIpc) is 3.11. The molecule has 24 heavy (non-hydrogen) atoms. The maximum atomic E-state index is 3.36. The smallest absolute Gasteiger partial charge is 0.272 e. The van der Waals surface area contributed by atoms with Gasteiger partial charge in [0.1, 0.15) is 0 Å².